The van der Waals surface area contributed by atoms with E-state index in [0.717, 1.165) is 31.4 Å². The van der Waals surface area contributed by atoms with Gasteiger partial charge in [-0.3, -0.25) is 0 Å². The van der Waals surface area contributed by atoms with Gasteiger partial charge in [0.05, 0.1) is 5.69 Å². The van der Waals surface area contributed by atoms with E-state index in [4.69, 9.17) is 9.72 Å². The van der Waals surface area contributed by atoms with Crippen LogP contribution in [0.25, 0.3) is 5.57 Å². The summed E-state index contributed by atoms with van der Waals surface area (Å²) in [6, 6.07) is 9.37. The molecule has 2 aliphatic carbocycles. The largest absolute Gasteiger partial charge is 0.444 e. The Morgan fingerprint density at radius 3 is 2.60 bits per heavy atom. The highest BCUT2D eigenvalue weighted by Gasteiger charge is 2.34. The minimum atomic E-state index is -0.516. The van der Waals surface area contributed by atoms with Crippen molar-refractivity contribution in [1.29, 1.82) is 0 Å². The topological polar surface area (TPSA) is 54.5 Å². The first-order chi connectivity index (χ1) is 16.4. The number of anilines is 2. The van der Waals surface area contributed by atoms with Gasteiger partial charge in [-0.15, -0.1) is 0 Å². The molecule has 0 spiro atoms. The van der Waals surface area contributed by atoms with Crippen LogP contribution in [0, 0.1) is 18.7 Å². The average Bonchev–Trinajstić information content (AvgIpc) is 2.89. The summed E-state index contributed by atoms with van der Waals surface area (Å²) in [6.07, 6.45) is 3.49. The number of allylic oxidation sites excluding steroid dienone is 1. The SMILES string of the molecule is Cc1ccc(Nc2ccc3c(n2)C(C)C(C)CC2=C3CC(N(C)C(=O)OC(C)(C)C)CC2)cc1F. The number of nitrogens with zero attached hydrogens (tertiary/aromatic N) is 2. The van der Waals surface area contributed by atoms with Crippen LogP contribution in [0.3, 0.4) is 0 Å². The maximum absolute atomic E-state index is 14.1. The number of aryl methyl sites for hydroxylation is 1. The number of carbonyl (C=O) groups is 1. The van der Waals surface area contributed by atoms with Gasteiger partial charge >= 0.3 is 6.09 Å². The normalized spacial score (nSPS) is 22.1. The van der Waals surface area contributed by atoms with E-state index in [-0.39, 0.29) is 23.9 Å². The minimum absolute atomic E-state index is 0.0912. The number of benzene rings is 1. The number of aromatic nitrogens is 1. The molecular formula is C29H38FN3O2. The molecule has 3 unspecified atom stereocenters. The average molecular weight is 480 g/mol. The third kappa shape index (κ3) is 5.52. The molecule has 0 radical (unpaired) electrons. The number of pyridine rings is 1. The molecule has 188 valence electrons. The summed E-state index contributed by atoms with van der Waals surface area (Å²) in [4.78, 5) is 19.5. The molecule has 0 saturated carbocycles. The number of halogens is 1. The van der Waals surface area contributed by atoms with Gasteiger partial charge in [-0.2, -0.15) is 0 Å². The Labute approximate surface area is 208 Å². The lowest BCUT2D eigenvalue weighted by atomic mass is 9.82. The molecule has 1 N–H and O–H groups in total. The first kappa shape index (κ1) is 25.2. The Morgan fingerprint density at radius 2 is 1.91 bits per heavy atom. The maximum atomic E-state index is 14.1. The second-order valence-electron chi connectivity index (χ2n) is 11.3. The summed E-state index contributed by atoms with van der Waals surface area (Å²) >= 11 is 0. The van der Waals surface area contributed by atoms with Gasteiger partial charge in [0.15, 0.2) is 0 Å². The van der Waals surface area contributed by atoms with E-state index >= 15 is 0 Å². The van der Waals surface area contributed by atoms with E-state index in [1.807, 2.05) is 40.0 Å². The highest BCUT2D eigenvalue weighted by Crippen LogP contribution is 2.45. The molecule has 4 rings (SSSR count). The zero-order chi connectivity index (χ0) is 25.5. The number of hydrogen-bond acceptors (Lipinski definition) is 4. The summed E-state index contributed by atoms with van der Waals surface area (Å²) in [5.74, 6) is 1.23. The number of amides is 1. The quantitative estimate of drug-likeness (QED) is 0.493. The summed E-state index contributed by atoms with van der Waals surface area (Å²) < 4.78 is 19.7. The number of nitrogens with one attached hydrogen (secondary N) is 1. The molecule has 0 aliphatic heterocycles. The smallest absolute Gasteiger partial charge is 0.410 e. The molecule has 3 atom stereocenters. The van der Waals surface area contributed by atoms with Gasteiger partial charge in [0.1, 0.15) is 17.2 Å². The second-order valence-corrected chi connectivity index (χ2v) is 11.3. The van der Waals surface area contributed by atoms with Crippen LogP contribution in [-0.4, -0.2) is 34.7 Å². The number of rotatable bonds is 3. The van der Waals surface area contributed by atoms with E-state index in [2.05, 4.69) is 25.2 Å². The van der Waals surface area contributed by atoms with E-state index < -0.39 is 5.60 Å². The Kier molecular flexibility index (Phi) is 6.94. The maximum Gasteiger partial charge on any atom is 0.410 e. The van der Waals surface area contributed by atoms with Crippen LogP contribution < -0.4 is 5.32 Å². The van der Waals surface area contributed by atoms with E-state index in [1.165, 1.54) is 22.8 Å². The number of hydrogen-bond donors (Lipinski definition) is 1. The van der Waals surface area contributed by atoms with Crippen molar-refractivity contribution in [2.75, 3.05) is 12.4 Å². The molecule has 2 aliphatic rings. The highest BCUT2D eigenvalue weighted by molar-refractivity contribution is 5.75. The number of carbonyl (C=O) groups excluding carboxylic acids is 1. The molecular weight excluding hydrogens is 441 g/mol. The van der Waals surface area contributed by atoms with Crippen molar-refractivity contribution >= 4 is 23.2 Å². The standard InChI is InChI=1S/C29H38FN3O2/c1-17-8-10-21(15-25(17)30)31-26-13-12-23-24-16-22(33(7)28(34)35-29(4,5)6)11-9-20(24)14-18(2)19(3)27(23)32-26/h8,10,12-13,15,18-19,22H,9,11,14,16H2,1-7H3,(H,31,32). The van der Waals surface area contributed by atoms with Gasteiger partial charge < -0.3 is 15.0 Å². The van der Waals surface area contributed by atoms with Crippen molar-refractivity contribution in [3.05, 3.63) is 58.5 Å². The zero-order valence-corrected chi connectivity index (χ0v) is 22.0. The predicted molar refractivity (Wildman–Crippen MR) is 139 cm³/mol. The fourth-order valence-corrected chi connectivity index (χ4v) is 5.11. The minimum Gasteiger partial charge on any atom is -0.444 e. The van der Waals surface area contributed by atoms with Crippen LogP contribution in [0.4, 0.5) is 20.7 Å². The third-order valence-electron chi connectivity index (χ3n) is 7.42. The molecule has 1 aromatic heterocycles. The van der Waals surface area contributed by atoms with Crippen molar-refractivity contribution < 1.29 is 13.9 Å². The highest BCUT2D eigenvalue weighted by atomic mass is 19.1. The molecule has 2 aromatic rings. The molecule has 35 heavy (non-hydrogen) atoms. The van der Waals surface area contributed by atoms with Crippen molar-refractivity contribution in [1.82, 2.24) is 9.88 Å². The molecule has 0 saturated heterocycles. The molecule has 0 fully saturated rings. The Balaban J connectivity index is 1.63. The lowest BCUT2D eigenvalue weighted by molar-refractivity contribution is 0.0215. The molecule has 6 heteroatoms. The van der Waals surface area contributed by atoms with Crippen LogP contribution in [0.2, 0.25) is 0 Å². The van der Waals surface area contributed by atoms with Gasteiger partial charge in [0.2, 0.25) is 0 Å². The van der Waals surface area contributed by atoms with Crippen molar-refractivity contribution in [2.24, 2.45) is 5.92 Å². The van der Waals surface area contributed by atoms with E-state index in [9.17, 15) is 9.18 Å². The fraction of sp³-hybridized carbons (Fsp3) is 0.517. The second kappa shape index (κ2) is 9.63. The van der Waals surface area contributed by atoms with Crippen LogP contribution in [0.15, 0.2) is 35.9 Å². The Bertz CT molecular complexity index is 1150. The zero-order valence-electron chi connectivity index (χ0n) is 22.0. The van der Waals surface area contributed by atoms with Crippen LogP contribution in [0.5, 0.6) is 0 Å². The van der Waals surface area contributed by atoms with Crippen LogP contribution in [-0.2, 0) is 4.74 Å². The third-order valence-corrected chi connectivity index (χ3v) is 7.42. The molecule has 1 amide bonds. The van der Waals surface area contributed by atoms with E-state index in [1.54, 1.807) is 17.9 Å². The fourth-order valence-electron chi connectivity index (χ4n) is 5.11. The van der Waals surface area contributed by atoms with Gasteiger partial charge in [0.25, 0.3) is 0 Å². The predicted octanol–water partition coefficient (Wildman–Crippen LogP) is 7.59. The first-order valence-electron chi connectivity index (χ1n) is 12.6. The van der Waals surface area contributed by atoms with Crippen molar-refractivity contribution in [3.8, 4) is 0 Å². The van der Waals surface area contributed by atoms with Crippen LogP contribution in [0.1, 0.15) is 83.0 Å². The van der Waals surface area contributed by atoms with Crippen molar-refractivity contribution in [3.63, 3.8) is 0 Å². The van der Waals surface area contributed by atoms with Gasteiger partial charge in [-0.1, -0.05) is 25.5 Å². The monoisotopic (exact) mass is 479 g/mol. The van der Waals surface area contributed by atoms with Crippen LogP contribution >= 0.6 is 0 Å². The lowest BCUT2D eigenvalue weighted by Gasteiger charge is -2.35. The Morgan fingerprint density at radius 1 is 1.17 bits per heavy atom. The Hall–Kier alpha value is -2.89. The number of fused-ring (bicyclic) bond motifs is 2. The molecule has 1 aromatic carbocycles. The summed E-state index contributed by atoms with van der Waals surface area (Å²) in [5, 5.41) is 3.28. The molecule has 5 nitrogen and oxygen atoms in total. The van der Waals surface area contributed by atoms with Gasteiger partial charge in [0, 0.05) is 24.7 Å². The first-order valence-corrected chi connectivity index (χ1v) is 12.6. The van der Waals surface area contributed by atoms with Crippen molar-refractivity contribution in [2.45, 2.75) is 84.8 Å². The number of ether oxygens (including phenoxy) is 1. The molecule has 1 heterocycles. The van der Waals surface area contributed by atoms with E-state index in [0.29, 0.717) is 23.0 Å². The lowest BCUT2D eigenvalue weighted by Crippen LogP contribution is -2.41. The van der Waals surface area contributed by atoms with Gasteiger partial charge in [-0.25, -0.2) is 14.2 Å². The summed E-state index contributed by atoms with van der Waals surface area (Å²) in [6.45, 7) is 12.0. The molecule has 0 bridgehead atoms. The summed E-state index contributed by atoms with van der Waals surface area (Å²) in [5.41, 5.74) is 5.85. The summed E-state index contributed by atoms with van der Waals surface area (Å²) in [7, 11) is 1.85. The van der Waals surface area contributed by atoms with Gasteiger partial charge in [-0.05, 0) is 100 Å².